The predicted octanol–water partition coefficient (Wildman–Crippen LogP) is 7.31. The third-order valence-corrected chi connectivity index (χ3v) is 4.65. The van der Waals surface area contributed by atoms with E-state index in [-0.39, 0.29) is 5.75 Å². The second-order valence-corrected chi connectivity index (χ2v) is 6.94. The van der Waals surface area contributed by atoms with Gasteiger partial charge in [0.05, 0.1) is 24.2 Å². The van der Waals surface area contributed by atoms with E-state index in [0.717, 1.165) is 22.8 Å². The smallest absolute Gasteiger partial charge is 0.124 e. The average molecular weight is 422 g/mol. The lowest BCUT2D eigenvalue weighted by Crippen LogP contribution is -1.88. The van der Waals surface area contributed by atoms with Crippen LogP contribution in [0.4, 0.5) is 28.4 Å². The van der Waals surface area contributed by atoms with E-state index < -0.39 is 0 Å². The average Bonchev–Trinajstić information content (AvgIpc) is 2.84. The quantitative estimate of drug-likeness (QED) is 0.242. The van der Waals surface area contributed by atoms with Crippen molar-refractivity contribution in [1.29, 1.82) is 0 Å². The van der Waals surface area contributed by atoms with Gasteiger partial charge < -0.3 is 15.2 Å². The largest absolute Gasteiger partial charge is 0.507 e. The number of phenols is 1. The fourth-order valence-electron chi connectivity index (χ4n) is 2.93. The lowest BCUT2D eigenvalue weighted by atomic mass is 10.2. The maximum absolute atomic E-state index is 10.2. The van der Waals surface area contributed by atoms with Crippen LogP contribution < -0.4 is 10.1 Å². The van der Waals surface area contributed by atoms with Crippen molar-refractivity contribution in [3.05, 3.63) is 103 Å². The topological polar surface area (TPSA) is 78.6 Å². The number of hydrogen-bond acceptors (Lipinski definition) is 6. The van der Waals surface area contributed by atoms with Gasteiger partial charge in [-0.15, -0.1) is 0 Å². The van der Waals surface area contributed by atoms with Crippen LogP contribution in [-0.2, 0) is 0 Å². The first-order valence-corrected chi connectivity index (χ1v) is 10.0. The molecule has 0 aliphatic heterocycles. The van der Waals surface area contributed by atoms with Crippen LogP contribution in [0.3, 0.4) is 0 Å². The molecule has 0 heterocycles. The molecule has 0 spiro atoms. The van der Waals surface area contributed by atoms with Crippen LogP contribution in [-0.4, -0.2) is 18.4 Å². The molecule has 2 N–H and O–H groups in total. The zero-order valence-electron chi connectivity index (χ0n) is 17.5. The molecule has 0 aromatic heterocycles. The monoisotopic (exact) mass is 422 g/mol. The molecule has 4 aromatic carbocycles. The van der Waals surface area contributed by atoms with Gasteiger partial charge in [0, 0.05) is 23.2 Å². The van der Waals surface area contributed by atoms with Crippen LogP contribution in [0.25, 0.3) is 0 Å². The minimum absolute atomic E-state index is 0.125. The summed E-state index contributed by atoms with van der Waals surface area (Å²) in [6.07, 6.45) is 1.61. The second-order valence-electron chi connectivity index (χ2n) is 6.94. The maximum Gasteiger partial charge on any atom is 0.124 e. The molecule has 0 radical (unpaired) electrons. The molecule has 4 rings (SSSR count). The van der Waals surface area contributed by atoms with E-state index in [0.29, 0.717) is 16.9 Å². The summed E-state index contributed by atoms with van der Waals surface area (Å²) in [5.41, 5.74) is 4.64. The molecule has 6 nitrogen and oxygen atoms in total. The molecule has 4 aromatic rings. The molecule has 0 saturated carbocycles. The van der Waals surface area contributed by atoms with Gasteiger partial charge in [0.2, 0.25) is 0 Å². The second kappa shape index (κ2) is 10.0. The minimum Gasteiger partial charge on any atom is -0.507 e. The van der Waals surface area contributed by atoms with Crippen molar-refractivity contribution in [2.45, 2.75) is 0 Å². The molecule has 0 saturated heterocycles. The molecule has 0 unspecified atom stereocenters. The standard InChI is InChI=1S/C26H22N4O2/c1-32-25-14-11-23(12-15-25)29-30-24-13-16-26(31)19(17-24)18-27-20-7-9-22(10-8-20)28-21-5-3-2-4-6-21/h2-18,28,31H,1H3. The number of aliphatic imine (C=N–C) groups is 1. The Kier molecular flexibility index (Phi) is 6.53. The van der Waals surface area contributed by atoms with Gasteiger partial charge in [-0.2, -0.15) is 10.2 Å². The van der Waals surface area contributed by atoms with Crippen LogP contribution in [0.15, 0.2) is 112 Å². The van der Waals surface area contributed by atoms with Crippen molar-refractivity contribution < 1.29 is 9.84 Å². The number of benzene rings is 4. The van der Waals surface area contributed by atoms with Gasteiger partial charge in [-0.05, 0) is 78.9 Å². The summed E-state index contributed by atoms with van der Waals surface area (Å²) in [7, 11) is 1.62. The summed E-state index contributed by atoms with van der Waals surface area (Å²) < 4.78 is 5.14. The van der Waals surface area contributed by atoms with E-state index in [1.54, 1.807) is 31.5 Å². The van der Waals surface area contributed by atoms with Crippen LogP contribution in [0.5, 0.6) is 11.5 Å². The normalized spacial score (nSPS) is 11.2. The Labute approximate surface area is 186 Å². The lowest BCUT2D eigenvalue weighted by molar-refractivity contribution is 0.415. The van der Waals surface area contributed by atoms with Crippen LogP contribution in [0.1, 0.15) is 5.56 Å². The highest BCUT2D eigenvalue weighted by Gasteiger charge is 2.01. The Morgan fingerprint density at radius 1 is 0.719 bits per heavy atom. The molecule has 158 valence electrons. The Morgan fingerprint density at radius 3 is 2.06 bits per heavy atom. The summed E-state index contributed by atoms with van der Waals surface area (Å²) in [6.45, 7) is 0. The molecule has 0 aliphatic carbocycles. The Balaban J connectivity index is 1.44. The summed E-state index contributed by atoms with van der Waals surface area (Å²) in [5, 5.41) is 22.0. The fourth-order valence-corrected chi connectivity index (χ4v) is 2.93. The van der Waals surface area contributed by atoms with E-state index in [1.165, 1.54) is 0 Å². The van der Waals surface area contributed by atoms with E-state index in [4.69, 9.17) is 4.74 Å². The number of hydrogen-bond donors (Lipinski definition) is 2. The fraction of sp³-hybridized carbons (Fsp3) is 0.0385. The SMILES string of the molecule is COc1ccc(N=Nc2ccc(O)c(C=Nc3ccc(Nc4ccccc4)cc3)c2)cc1. The predicted molar refractivity (Wildman–Crippen MR) is 129 cm³/mol. The molecule has 0 aliphatic rings. The maximum atomic E-state index is 10.2. The molecule has 0 atom stereocenters. The highest BCUT2D eigenvalue weighted by molar-refractivity contribution is 5.86. The van der Waals surface area contributed by atoms with Crippen molar-refractivity contribution >= 4 is 34.7 Å². The first-order chi connectivity index (χ1) is 15.7. The first-order valence-electron chi connectivity index (χ1n) is 10.0. The summed E-state index contributed by atoms with van der Waals surface area (Å²) in [4.78, 5) is 4.47. The Bertz CT molecular complexity index is 1220. The lowest BCUT2D eigenvalue weighted by Gasteiger charge is -2.06. The number of azo groups is 1. The molecular weight excluding hydrogens is 400 g/mol. The third-order valence-electron chi connectivity index (χ3n) is 4.65. The Hall–Kier alpha value is -4.45. The van der Waals surface area contributed by atoms with Gasteiger partial charge in [-0.1, -0.05) is 18.2 Å². The number of nitrogens with zero attached hydrogens (tertiary/aromatic N) is 3. The minimum atomic E-state index is 0.125. The van der Waals surface area contributed by atoms with Crippen molar-refractivity contribution in [2.24, 2.45) is 15.2 Å². The van der Waals surface area contributed by atoms with Crippen LogP contribution in [0, 0.1) is 0 Å². The van der Waals surface area contributed by atoms with Gasteiger partial charge in [0.25, 0.3) is 0 Å². The number of ether oxygens (including phenoxy) is 1. The number of phenolic OH excluding ortho intramolecular Hbond substituents is 1. The van der Waals surface area contributed by atoms with Crippen molar-refractivity contribution in [1.82, 2.24) is 0 Å². The molecule has 0 fully saturated rings. The molecule has 0 bridgehead atoms. The van der Waals surface area contributed by atoms with E-state index in [9.17, 15) is 5.11 Å². The van der Waals surface area contributed by atoms with Gasteiger partial charge in [-0.3, -0.25) is 4.99 Å². The summed E-state index contributed by atoms with van der Waals surface area (Å²) >= 11 is 0. The van der Waals surface area contributed by atoms with Crippen LogP contribution in [0.2, 0.25) is 0 Å². The third kappa shape index (κ3) is 5.58. The van der Waals surface area contributed by atoms with Gasteiger partial charge >= 0.3 is 0 Å². The summed E-state index contributed by atoms with van der Waals surface area (Å²) in [5.74, 6) is 0.885. The van der Waals surface area contributed by atoms with Gasteiger partial charge in [-0.25, -0.2) is 0 Å². The number of anilines is 2. The highest BCUT2D eigenvalue weighted by atomic mass is 16.5. The highest BCUT2D eigenvalue weighted by Crippen LogP contribution is 2.26. The number of aromatic hydroxyl groups is 1. The van der Waals surface area contributed by atoms with Gasteiger partial charge in [0.15, 0.2) is 0 Å². The van der Waals surface area contributed by atoms with E-state index in [1.807, 2.05) is 78.9 Å². The summed E-state index contributed by atoms with van der Waals surface area (Å²) in [6, 6.07) is 30.0. The number of para-hydroxylation sites is 1. The zero-order chi connectivity index (χ0) is 22.2. The van der Waals surface area contributed by atoms with Crippen molar-refractivity contribution in [3.63, 3.8) is 0 Å². The van der Waals surface area contributed by atoms with Crippen molar-refractivity contribution in [3.8, 4) is 11.5 Å². The molecule has 0 amide bonds. The van der Waals surface area contributed by atoms with E-state index in [2.05, 4.69) is 20.5 Å². The number of methoxy groups -OCH3 is 1. The number of nitrogens with one attached hydrogen (secondary N) is 1. The molecular formula is C26H22N4O2. The van der Waals surface area contributed by atoms with Crippen molar-refractivity contribution in [2.75, 3.05) is 12.4 Å². The number of rotatable bonds is 7. The first kappa shape index (κ1) is 20.8. The molecule has 6 heteroatoms. The Morgan fingerprint density at radius 2 is 1.34 bits per heavy atom. The van der Waals surface area contributed by atoms with Gasteiger partial charge in [0.1, 0.15) is 11.5 Å². The zero-order valence-corrected chi connectivity index (χ0v) is 17.5. The molecule has 32 heavy (non-hydrogen) atoms. The van der Waals surface area contributed by atoms with Crippen LogP contribution >= 0.6 is 0 Å². The van der Waals surface area contributed by atoms with E-state index >= 15 is 0 Å².